The molecule has 1 aromatic carbocycles. The van der Waals surface area contributed by atoms with E-state index in [1.54, 1.807) is 0 Å². The van der Waals surface area contributed by atoms with Crippen LogP contribution in [-0.2, 0) is 0 Å². The summed E-state index contributed by atoms with van der Waals surface area (Å²) in [5.74, 6) is 0. The molecular formula is C17H24N2. The number of para-hydroxylation sites is 1. The molecule has 0 bridgehead atoms. The van der Waals surface area contributed by atoms with Crippen LogP contribution in [0.15, 0.2) is 36.5 Å². The number of benzene rings is 1. The highest BCUT2D eigenvalue weighted by molar-refractivity contribution is 5.82. The van der Waals surface area contributed by atoms with Crippen molar-refractivity contribution >= 4 is 10.9 Å². The number of fused-ring (bicyclic) bond motifs is 1. The van der Waals surface area contributed by atoms with Gasteiger partial charge in [0.1, 0.15) is 0 Å². The fourth-order valence-corrected chi connectivity index (χ4v) is 2.53. The SMILES string of the molecule is CCCNC(c1cccc2cccnc12)C(C)(C)C. The zero-order valence-electron chi connectivity index (χ0n) is 12.4. The minimum absolute atomic E-state index is 0.168. The Bertz CT molecular complexity index is 535. The summed E-state index contributed by atoms with van der Waals surface area (Å²) >= 11 is 0. The molecule has 2 aromatic rings. The van der Waals surface area contributed by atoms with Gasteiger partial charge in [-0.05, 0) is 30.0 Å². The highest BCUT2D eigenvalue weighted by atomic mass is 14.9. The van der Waals surface area contributed by atoms with E-state index < -0.39 is 0 Å². The van der Waals surface area contributed by atoms with Gasteiger partial charge < -0.3 is 5.32 Å². The number of nitrogens with one attached hydrogen (secondary N) is 1. The summed E-state index contributed by atoms with van der Waals surface area (Å²) in [6, 6.07) is 10.9. The molecule has 0 fully saturated rings. The molecule has 19 heavy (non-hydrogen) atoms. The van der Waals surface area contributed by atoms with Crippen molar-refractivity contribution in [3.8, 4) is 0 Å². The third kappa shape index (κ3) is 3.13. The minimum atomic E-state index is 0.168. The highest BCUT2D eigenvalue weighted by Gasteiger charge is 2.27. The molecule has 0 saturated heterocycles. The van der Waals surface area contributed by atoms with Crippen LogP contribution in [0.1, 0.15) is 45.7 Å². The van der Waals surface area contributed by atoms with Crippen LogP contribution in [0.25, 0.3) is 10.9 Å². The Morgan fingerprint density at radius 2 is 1.89 bits per heavy atom. The van der Waals surface area contributed by atoms with Gasteiger partial charge >= 0.3 is 0 Å². The molecule has 102 valence electrons. The molecule has 0 aliphatic rings. The van der Waals surface area contributed by atoms with Gasteiger partial charge in [0.15, 0.2) is 0 Å². The van der Waals surface area contributed by atoms with Crippen LogP contribution in [0.2, 0.25) is 0 Å². The van der Waals surface area contributed by atoms with E-state index in [1.807, 2.05) is 12.3 Å². The van der Waals surface area contributed by atoms with Crippen LogP contribution in [0.3, 0.4) is 0 Å². The minimum Gasteiger partial charge on any atom is -0.309 e. The van der Waals surface area contributed by atoms with E-state index in [0.29, 0.717) is 6.04 Å². The monoisotopic (exact) mass is 256 g/mol. The molecule has 0 saturated carbocycles. The molecule has 1 N–H and O–H groups in total. The van der Waals surface area contributed by atoms with Gasteiger partial charge in [-0.3, -0.25) is 4.98 Å². The first-order chi connectivity index (χ1) is 9.04. The number of hydrogen-bond donors (Lipinski definition) is 1. The second-order valence-corrected chi connectivity index (χ2v) is 6.18. The first-order valence-electron chi connectivity index (χ1n) is 7.11. The molecule has 0 aliphatic carbocycles. The number of aromatic nitrogens is 1. The van der Waals surface area contributed by atoms with Crippen LogP contribution in [0, 0.1) is 5.41 Å². The van der Waals surface area contributed by atoms with Crippen LogP contribution in [-0.4, -0.2) is 11.5 Å². The van der Waals surface area contributed by atoms with Crippen molar-refractivity contribution in [3.05, 3.63) is 42.1 Å². The summed E-state index contributed by atoms with van der Waals surface area (Å²) in [6.07, 6.45) is 3.02. The first-order valence-corrected chi connectivity index (χ1v) is 7.11. The average Bonchev–Trinajstić information content (AvgIpc) is 2.38. The Kier molecular flexibility index (Phi) is 4.20. The molecule has 0 amide bonds. The highest BCUT2D eigenvalue weighted by Crippen LogP contribution is 2.35. The van der Waals surface area contributed by atoms with E-state index in [9.17, 15) is 0 Å². The second-order valence-electron chi connectivity index (χ2n) is 6.18. The number of pyridine rings is 1. The predicted molar refractivity (Wildman–Crippen MR) is 82.2 cm³/mol. The Hall–Kier alpha value is -1.41. The zero-order valence-corrected chi connectivity index (χ0v) is 12.4. The van der Waals surface area contributed by atoms with Gasteiger partial charge in [-0.25, -0.2) is 0 Å². The lowest BCUT2D eigenvalue weighted by atomic mass is 9.81. The first kappa shape index (κ1) is 14.0. The summed E-state index contributed by atoms with van der Waals surface area (Å²) in [7, 11) is 0. The lowest BCUT2D eigenvalue weighted by Crippen LogP contribution is -2.33. The molecule has 1 atom stereocenters. The van der Waals surface area contributed by atoms with Crippen LogP contribution in [0.5, 0.6) is 0 Å². The maximum Gasteiger partial charge on any atom is 0.0749 e. The van der Waals surface area contributed by atoms with E-state index in [0.717, 1.165) is 18.5 Å². The summed E-state index contributed by atoms with van der Waals surface area (Å²) in [5, 5.41) is 4.89. The molecule has 2 nitrogen and oxygen atoms in total. The van der Waals surface area contributed by atoms with Crippen molar-refractivity contribution in [1.82, 2.24) is 10.3 Å². The van der Waals surface area contributed by atoms with E-state index in [4.69, 9.17) is 0 Å². The fourth-order valence-electron chi connectivity index (χ4n) is 2.53. The third-order valence-electron chi connectivity index (χ3n) is 3.44. The fraction of sp³-hybridized carbons (Fsp3) is 0.471. The largest absolute Gasteiger partial charge is 0.309 e. The normalized spacial score (nSPS) is 13.7. The van der Waals surface area contributed by atoms with Crippen LogP contribution in [0.4, 0.5) is 0 Å². The van der Waals surface area contributed by atoms with E-state index in [2.05, 4.69) is 62.3 Å². The lowest BCUT2D eigenvalue weighted by Gasteiger charge is -2.32. The molecular weight excluding hydrogens is 232 g/mol. The number of nitrogens with zero attached hydrogens (tertiary/aromatic N) is 1. The van der Waals surface area contributed by atoms with Crippen LogP contribution >= 0.6 is 0 Å². The van der Waals surface area contributed by atoms with Crippen molar-refractivity contribution in [1.29, 1.82) is 0 Å². The summed E-state index contributed by atoms with van der Waals surface area (Å²) in [5.41, 5.74) is 2.59. The van der Waals surface area contributed by atoms with Crippen molar-refractivity contribution < 1.29 is 0 Å². The molecule has 1 heterocycles. The van der Waals surface area contributed by atoms with Crippen molar-refractivity contribution in [2.45, 2.75) is 40.2 Å². The summed E-state index contributed by atoms with van der Waals surface area (Å²) in [6.45, 7) is 10.1. The molecule has 0 aliphatic heterocycles. The molecule has 1 unspecified atom stereocenters. The molecule has 0 radical (unpaired) electrons. The van der Waals surface area contributed by atoms with Gasteiger partial charge in [-0.15, -0.1) is 0 Å². The topological polar surface area (TPSA) is 24.9 Å². The number of rotatable bonds is 4. The lowest BCUT2D eigenvalue weighted by molar-refractivity contribution is 0.274. The summed E-state index contributed by atoms with van der Waals surface area (Å²) in [4.78, 5) is 4.58. The Morgan fingerprint density at radius 1 is 1.16 bits per heavy atom. The van der Waals surface area contributed by atoms with Gasteiger partial charge in [0.2, 0.25) is 0 Å². The molecule has 2 heteroatoms. The van der Waals surface area contributed by atoms with E-state index >= 15 is 0 Å². The van der Waals surface area contributed by atoms with Gasteiger partial charge in [-0.1, -0.05) is 52.0 Å². The number of hydrogen-bond acceptors (Lipinski definition) is 2. The van der Waals surface area contributed by atoms with Gasteiger partial charge in [0.25, 0.3) is 0 Å². The Labute approximate surface area is 116 Å². The summed E-state index contributed by atoms with van der Waals surface area (Å²) < 4.78 is 0. The van der Waals surface area contributed by atoms with E-state index in [-0.39, 0.29) is 5.41 Å². The third-order valence-corrected chi connectivity index (χ3v) is 3.44. The van der Waals surface area contributed by atoms with Gasteiger partial charge in [-0.2, -0.15) is 0 Å². The van der Waals surface area contributed by atoms with Gasteiger partial charge in [0.05, 0.1) is 5.52 Å². The van der Waals surface area contributed by atoms with E-state index in [1.165, 1.54) is 10.9 Å². The average molecular weight is 256 g/mol. The molecule has 1 aromatic heterocycles. The molecule has 0 spiro atoms. The predicted octanol–water partition coefficient (Wildman–Crippen LogP) is 4.32. The zero-order chi connectivity index (χ0) is 13.9. The van der Waals surface area contributed by atoms with Crippen molar-refractivity contribution in [3.63, 3.8) is 0 Å². The maximum atomic E-state index is 4.58. The van der Waals surface area contributed by atoms with Crippen molar-refractivity contribution in [2.75, 3.05) is 6.54 Å². The smallest absolute Gasteiger partial charge is 0.0749 e. The Balaban J connectivity index is 2.49. The van der Waals surface area contributed by atoms with Gasteiger partial charge in [0, 0.05) is 17.6 Å². The Morgan fingerprint density at radius 3 is 2.58 bits per heavy atom. The standard InChI is InChI=1S/C17H24N2/c1-5-11-19-16(17(2,3)4)14-10-6-8-13-9-7-12-18-15(13)14/h6-10,12,16,19H,5,11H2,1-4H3. The molecule has 2 rings (SSSR count). The maximum absolute atomic E-state index is 4.58. The van der Waals surface area contributed by atoms with Crippen molar-refractivity contribution in [2.24, 2.45) is 5.41 Å². The van der Waals surface area contributed by atoms with Crippen LogP contribution < -0.4 is 5.32 Å². The quantitative estimate of drug-likeness (QED) is 0.881. The second kappa shape index (κ2) is 5.70.